The monoisotopic (exact) mass is 481 g/mol. The number of rotatable bonds is 8. The van der Waals surface area contributed by atoms with Crippen LogP contribution in [0.5, 0.6) is 0 Å². The van der Waals surface area contributed by atoms with Gasteiger partial charge in [0, 0.05) is 23.0 Å². The van der Waals surface area contributed by atoms with Crippen LogP contribution in [-0.2, 0) is 6.42 Å². The van der Waals surface area contributed by atoms with E-state index >= 15 is 0 Å². The molecule has 3 aromatic rings. The van der Waals surface area contributed by atoms with Crippen LogP contribution in [-0.4, -0.2) is 6.04 Å². The molecule has 3 rings (SSSR count). The number of halogens is 3. The van der Waals surface area contributed by atoms with Crippen molar-refractivity contribution in [2.75, 3.05) is 0 Å². The molecule has 0 aliphatic heterocycles. The fourth-order valence-corrected chi connectivity index (χ4v) is 4.26. The summed E-state index contributed by atoms with van der Waals surface area (Å²) in [4.78, 5) is 0. The van der Waals surface area contributed by atoms with Gasteiger partial charge in [-0.1, -0.05) is 65.1 Å². The van der Waals surface area contributed by atoms with Crippen LogP contribution in [0.15, 0.2) is 66.7 Å². The Kier molecular flexibility index (Phi) is 8.57. The Balaban J connectivity index is 1.92. The predicted octanol–water partition coefficient (Wildman–Crippen LogP) is 7.48. The first kappa shape index (κ1) is 24.1. The highest BCUT2D eigenvalue weighted by Crippen LogP contribution is 2.31. The van der Waals surface area contributed by atoms with Crippen molar-refractivity contribution in [2.45, 2.75) is 37.8 Å². The van der Waals surface area contributed by atoms with Crippen molar-refractivity contribution < 1.29 is 0 Å². The van der Waals surface area contributed by atoms with E-state index in [0.29, 0.717) is 20.6 Å². The lowest BCUT2D eigenvalue weighted by atomic mass is 9.85. The summed E-state index contributed by atoms with van der Waals surface area (Å²) in [6, 6.07) is 25.2. The van der Waals surface area contributed by atoms with E-state index in [1.807, 2.05) is 48.5 Å². The molecular formula is C26H22Cl3N3. The standard InChI is InChI=1S/C26H22Cl3N3/c1-17(32-26(11-12-30)21-7-10-24(28)25(29)15-21)23(14-18-5-8-22(27)9-6-18)20-4-2-3-19(13-20)16-31/h2-10,13,15,17,23,26,32H,11,14H2,1H3/t17?,23?,26-/m0/s1. The third kappa shape index (κ3) is 6.26. The maximum Gasteiger partial charge on any atom is 0.0991 e. The number of nitrogens with one attached hydrogen (secondary N) is 1. The molecule has 3 atom stereocenters. The zero-order valence-corrected chi connectivity index (χ0v) is 19.8. The van der Waals surface area contributed by atoms with Gasteiger partial charge in [-0.15, -0.1) is 0 Å². The third-order valence-electron chi connectivity index (χ3n) is 5.52. The van der Waals surface area contributed by atoms with Gasteiger partial charge in [0.15, 0.2) is 0 Å². The van der Waals surface area contributed by atoms with Crippen molar-refractivity contribution in [2.24, 2.45) is 0 Å². The largest absolute Gasteiger partial charge is 0.306 e. The van der Waals surface area contributed by atoms with Crippen molar-refractivity contribution in [1.29, 1.82) is 10.5 Å². The van der Waals surface area contributed by atoms with Crippen LogP contribution in [0.3, 0.4) is 0 Å². The van der Waals surface area contributed by atoms with Crippen LogP contribution >= 0.6 is 34.8 Å². The molecule has 2 unspecified atom stereocenters. The van der Waals surface area contributed by atoms with E-state index in [-0.39, 0.29) is 24.4 Å². The van der Waals surface area contributed by atoms with E-state index in [1.54, 1.807) is 18.2 Å². The number of nitrogens with zero attached hydrogens (tertiary/aromatic N) is 2. The Labute approximate surface area is 204 Å². The molecular weight excluding hydrogens is 461 g/mol. The van der Waals surface area contributed by atoms with Gasteiger partial charge in [-0.05, 0) is 66.4 Å². The van der Waals surface area contributed by atoms with Gasteiger partial charge in [0.25, 0.3) is 0 Å². The summed E-state index contributed by atoms with van der Waals surface area (Å²) in [5, 5.41) is 24.0. The molecule has 0 amide bonds. The molecule has 1 N–H and O–H groups in total. The molecule has 0 saturated heterocycles. The van der Waals surface area contributed by atoms with Gasteiger partial charge >= 0.3 is 0 Å². The van der Waals surface area contributed by atoms with Gasteiger partial charge in [-0.2, -0.15) is 10.5 Å². The topological polar surface area (TPSA) is 59.6 Å². The van der Waals surface area contributed by atoms with Crippen LogP contribution < -0.4 is 5.32 Å². The molecule has 162 valence electrons. The summed E-state index contributed by atoms with van der Waals surface area (Å²) in [5.74, 6) is 0.0634. The van der Waals surface area contributed by atoms with Crippen LogP contribution in [0.2, 0.25) is 15.1 Å². The molecule has 6 heteroatoms. The van der Waals surface area contributed by atoms with E-state index in [2.05, 4.69) is 24.4 Å². The van der Waals surface area contributed by atoms with E-state index in [1.165, 1.54) is 0 Å². The van der Waals surface area contributed by atoms with E-state index in [9.17, 15) is 10.5 Å². The molecule has 0 radical (unpaired) electrons. The van der Waals surface area contributed by atoms with Crippen molar-refractivity contribution in [1.82, 2.24) is 5.32 Å². The quantitative estimate of drug-likeness (QED) is 0.362. The van der Waals surface area contributed by atoms with Gasteiger partial charge in [0.2, 0.25) is 0 Å². The molecule has 0 fully saturated rings. The predicted molar refractivity (Wildman–Crippen MR) is 131 cm³/mol. The Bertz CT molecular complexity index is 1150. The normalized spacial score (nSPS) is 13.6. The summed E-state index contributed by atoms with van der Waals surface area (Å²) >= 11 is 18.4. The number of benzene rings is 3. The molecule has 0 saturated carbocycles. The second kappa shape index (κ2) is 11.4. The molecule has 0 aromatic heterocycles. The summed E-state index contributed by atoms with van der Waals surface area (Å²) in [7, 11) is 0. The average molecular weight is 483 g/mol. The lowest BCUT2D eigenvalue weighted by Gasteiger charge is -2.30. The van der Waals surface area contributed by atoms with Crippen LogP contribution in [0.25, 0.3) is 0 Å². The second-order valence-electron chi connectivity index (χ2n) is 7.72. The van der Waals surface area contributed by atoms with Crippen molar-refractivity contribution in [3.05, 3.63) is 104 Å². The van der Waals surface area contributed by atoms with Gasteiger partial charge in [0.05, 0.1) is 34.2 Å². The maximum atomic E-state index is 9.42. The number of hydrogen-bond donors (Lipinski definition) is 1. The first-order valence-electron chi connectivity index (χ1n) is 10.2. The Morgan fingerprint density at radius 1 is 0.875 bits per heavy atom. The average Bonchev–Trinajstić information content (AvgIpc) is 2.80. The van der Waals surface area contributed by atoms with E-state index < -0.39 is 0 Å². The molecule has 0 aliphatic rings. The lowest BCUT2D eigenvalue weighted by molar-refractivity contribution is 0.401. The molecule has 0 bridgehead atoms. The first-order valence-corrected chi connectivity index (χ1v) is 11.4. The molecule has 3 aromatic carbocycles. The van der Waals surface area contributed by atoms with Crippen molar-refractivity contribution in [3.63, 3.8) is 0 Å². The number of hydrogen-bond acceptors (Lipinski definition) is 3. The molecule has 0 aliphatic carbocycles. The van der Waals surface area contributed by atoms with Gasteiger partial charge in [-0.25, -0.2) is 0 Å². The van der Waals surface area contributed by atoms with Crippen LogP contribution in [0.1, 0.15) is 47.6 Å². The zero-order valence-electron chi connectivity index (χ0n) is 17.5. The summed E-state index contributed by atoms with van der Waals surface area (Å²) in [6.07, 6.45) is 1.04. The third-order valence-corrected chi connectivity index (χ3v) is 6.51. The minimum atomic E-state index is -0.211. The van der Waals surface area contributed by atoms with Gasteiger partial charge in [0.1, 0.15) is 0 Å². The lowest BCUT2D eigenvalue weighted by Crippen LogP contribution is -2.36. The fourth-order valence-electron chi connectivity index (χ4n) is 3.82. The van der Waals surface area contributed by atoms with Gasteiger partial charge < -0.3 is 5.32 Å². The van der Waals surface area contributed by atoms with Gasteiger partial charge in [-0.3, -0.25) is 0 Å². The Morgan fingerprint density at radius 3 is 2.28 bits per heavy atom. The van der Waals surface area contributed by atoms with E-state index in [0.717, 1.165) is 23.1 Å². The van der Waals surface area contributed by atoms with Crippen molar-refractivity contribution >= 4 is 34.8 Å². The Hall–Kier alpha value is -2.53. The minimum Gasteiger partial charge on any atom is -0.306 e. The Morgan fingerprint density at radius 2 is 1.62 bits per heavy atom. The van der Waals surface area contributed by atoms with Crippen LogP contribution in [0, 0.1) is 22.7 Å². The molecule has 3 nitrogen and oxygen atoms in total. The fraction of sp³-hybridized carbons (Fsp3) is 0.231. The van der Waals surface area contributed by atoms with Crippen LogP contribution in [0.4, 0.5) is 0 Å². The SMILES string of the molecule is CC(N[C@@H](CC#N)c1ccc(Cl)c(Cl)c1)C(Cc1ccc(Cl)cc1)c1cccc(C#N)c1. The highest BCUT2D eigenvalue weighted by atomic mass is 35.5. The summed E-state index contributed by atoms with van der Waals surface area (Å²) in [6.45, 7) is 2.10. The van der Waals surface area contributed by atoms with E-state index in [4.69, 9.17) is 34.8 Å². The molecule has 0 spiro atoms. The minimum absolute atomic E-state index is 0.00701. The number of nitriles is 2. The summed E-state index contributed by atoms with van der Waals surface area (Å²) < 4.78 is 0. The maximum absolute atomic E-state index is 9.42. The first-order chi connectivity index (χ1) is 15.4. The molecule has 32 heavy (non-hydrogen) atoms. The smallest absolute Gasteiger partial charge is 0.0991 e. The molecule has 0 heterocycles. The highest BCUT2D eigenvalue weighted by Gasteiger charge is 2.24. The summed E-state index contributed by atoms with van der Waals surface area (Å²) in [5.41, 5.74) is 3.73. The zero-order chi connectivity index (χ0) is 23.1. The second-order valence-corrected chi connectivity index (χ2v) is 8.97. The van der Waals surface area contributed by atoms with Crippen molar-refractivity contribution in [3.8, 4) is 12.1 Å². The highest BCUT2D eigenvalue weighted by molar-refractivity contribution is 6.42.